The Morgan fingerprint density at radius 1 is 0.296 bits per heavy atom. The van der Waals surface area contributed by atoms with Crippen LogP contribution in [0.2, 0.25) is 0 Å². The zero-order valence-corrected chi connectivity index (χ0v) is 47.0. The van der Waals surface area contributed by atoms with Gasteiger partial charge in [-0.25, -0.2) is 0 Å². The highest BCUT2D eigenvalue weighted by Crippen LogP contribution is 2.16. The van der Waals surface area contributed by atoms with Gasteiger partial charge in [-0.2, -0.15) is 0 Å². The molecule has 0 amide bonds. The van der Waals surface area contributed by atoms with Crippen LogP contribution in [0.5, 0.6) is 0 Å². The minimum absolute atomic E-state index is 0.0785. The maximum absolute atomic E-state index is 12.9. The first kappa shape index (κ1) is 67.8. The second kappa shape index (κ2) is 59.4. The highest BCUT2D eigenvalue weighted by molar-refractivity contribution is 5.71. The third-order valence-electron chi connectivity index (χ3n) is 13.2. The predicted molar refractivity (Wildman–Crippen MR) is 307 cm³/mol. The Labute approximate surface area is 440 Å². The molecule has 0 heterocycles. The number of carbonyl (C=O) groups excluding carboxylic acids is 3. The van der Waals surface area contributed by atoms with Gasteiger partial charge >= 0.3 is 17.9 Å². The van der Waals surface area contributed by atoms with Crippen molar-refractivity contribution in [1.82, 2.24) is 0 Å². The van der Waals surface area contributed by atoms with Crippen LogP contribution in [0, 0.1) is 0 Å². The van der Waals surface area contributed by atoms with Crippen LogP contribution in [0.25, 0.3) is 0 Å². The summed E-state index contributed by atoms with van der Waals surface area (Å²) in [6.07, 6.45) is 76.0. The Bertz CT molecular complexity index is 1320. The minimum atomic E-state index is -0.782. The molecule has 0 radical (unpaired) electrons. The third-order valence-corrected chi connectivity index (χ3v) is 13.2. The van der Waals surface area contributed by atoms with Crippen LogP contribution in [0.3, 0.4) is 0 Å². The fourth-order valence-corrected chi connectivity index (χ4v) is 8.64. The van der Waals surface area contributed by atoms with Crippen LogP contribution in [0.15, 0.2) is 72.9 Å². The van der Waals surface area contributed by atoms with E-state index in [1.54, 1.807) is 0 Å². The van der Waals surface area contributed by atoms with E-state index >= 15 is 0 Å². The second-order valence-electron chi connectivity index (χ2n) is 20.2. The summed E-state index contributed by atoms with van der Waals surface area (Å²) in [4.78, 5) is 38.2. The van der Waals surface area contributed by atoms with E-state index in [-0.39, 0.29) is 31.1 Å². The van der Waals surface area contributed by atoms with Gasteiger partial charge in [-0.15, -0.1) is 0 Å². The molecule has 0 aromatic carbocycles. The van der Waals surface area contributed by atoms with E-state index in [4.69, 9.17) is 14.2 Å². The SMILES string of the molecule is CC/C=C\C/C=C\C/C=C\C/C=C\CCCCCCCCCCC(=O)OCC(COC(=O)CCCCCCCCCCCCCCCC)OC(=O)CCCCCCCCC/C=C\C/C=C\CCCCCC. The van der Waals surface area contributed by atoms with Crippen molar-refractivity contribution in [3.63, 3.8) is 0 Å². The van der Waals surface area contributed by atoms with Crippen LogP contribution in [-0.4, -0.2) is 37.2 Å². The highest BCUT2D eigenvalue weighted by Gasteiger charge is 2.19. The largest absolute Gasteiger partial charge is 0.462 e. The number of esters is 3. The Hall–Kier alpha value is -3.15. The van der Waals surface area contributed by atoms with Crippen molar-refractivity contribution in [1.29, 1.82) is 0 Å². The molecular weight excluding hydrogens is 877 g/mol. The summed E-state index contributed by atoms with van der Waals surface area (Å²) < 4.78 is 16.9. The average Bonchev–Trinajstić information content (AvgIpc) is 3.37. The fourth-order valence-electron chi connectivity index (χ4n) is 8.64. The number of allylic oxidation sites excluding steroid dienone is 12. The molecular formula is C65H114O6. The number of carbonyl (C=O) groups is 3. The van der Waals surface area contributed by atoms with Crippen molar-refractivity contribution in [2.75, 3.05) is 13.2 Å². The van der Waals surface area contributed by atoms with Crippen LogP contribution in [0.1, 0.15) is 303 Å². The molecule has 0 aromatic rings. The van der Waals surface area contributed by atoms with Crippen molar-refractivity contribution in [2.24, 2.45) is 0 Å². The first-order valence-corrected chi connectivity index (χ1v) is 30.4. The Kier molecular flexibility index (Phi) is 56.8. The van der Waals surface area contributed by atoms with Crippen LogP contribution in [-0.2, 0) is 28.6 Å². The van der Waals surface area contributed by atoms with E-state index in [9.17, 15) is 14.4 Å². The van der Waals surface area contributed by atoms with Gasteiger partial charge in [-0.05, 0) is 89.9 Å². The van der Waals surface area contributed by atoms with Gasteiger partial charge in [0.15, 0.2) is 6.10 Å². The number of rotatable bonds is 55. The molecule has 6 nitrogen and oxygen atoms in total. The van der Waals surface area contributed by atoms with Crippen molar-refractivity contribution >= 4 is 17.9 Å². The van der Waals surface area contributed by atoms with Gasteiger partial charge in [0.1, 0.15) is 13.2 Å². The lowest BCUT2D eigenvalue weighted by Gasteiger charge is -2.18. The standard InChI is InChI=1S/C65H114O6/c1-4-7-10-13-16-19-22-25-28-30-32-33-34-36-37-40-43-46-49-52-55-58-64(67)70-61-62(60-69-63(66)57-54-51-48-45-42-39-27-24-21-18-15-12-9-6-3)71-65(68)59-56-53-50-47-44-41-38-35-31-29-26-23-20-17-14-11-8-5-2/h7,10,16,19-20,23,25,28-29,31-33,62H,4-6,8-9,11-15,17-18,21-22,24,26-27,30,34-61H2,1-3H3/b10-7-,19-16-,23-20-,28-25-,31-29-,33-32-. The van der Waals surface area contributed by atoms with Crippen LogP contribution < -0.4 is 0 Å². The summed E-state index contributed by atoms with van der Waals surface area (Å²) >= 11 is 0. The lowest BCUT2D eigenvalue weighted by molar-refractivity contribution is -0.167. The average molecular weight is 992 g/mol. The smallest absolute Gasteiger partial charge is 0.306 e. The van der Waals surface area contributed by atoms with Gasteiger partial charge < -0.3 is 14.2 Å². The zero-order valence-electron chi connectivity index (χ0n) is 47.0. The summed E-state index contributed by atoms with van der Waals surface area (Å²) in [5.41, 5.74) is 0. The molecule has 1 unspecified atom stereocenters. The van der Waals surface area contributed by atoms with Crippen molar-refractivity contribution in [2.45, 2.75) is 309 Å². The normalized spacial score (nSPS) is 12.5. The summed E-state index contributed by atoms with van der Waals surface area (Å²) in [5.74, 6) is -0.881. The zero-order chi connectivity index (χ0) is 51.4. The van der Waals surface area contributed by atoms with Gasteiger partial charge in [0.05, 0.1) is 0 Å². The molecule has 0 aliphatic heterocycles. The molecule has 0 fully saturated rings. The van der Waals surface area contributed by atoms with Gasteiger partial charge in [0.2, 0.25) is 0 Å². The lowest BCUT2D eigenvalue weighted by atomic mass is 10.0. The van der Waals surface area contributed by atoms with Gasteiger partial charge in [0, 0.05) is 19.3 Å². The fraction of sp³-hybridized carbons (Fsp3) is 0.769. The second-order valence-corrected chi connectivity index (χ2v) is 20.2. The maximum Gasteiger partial charge on any atom is 0.306 e. The predicted octanol–water partition coefficient (Wildman–Crippen LogP) is 20.5. The molecule has 0 bridgehead atoms. The monoisotopic (exact) mass is 991 g/mol. The first-order valence-electron chi connectivity index (χ1n) is 30.4. The van der Waals surface area contributed by atoms with Gasteiger partial charge in [-0.1, -0.05) is 267 Å². The van der Waals surface area contributed by atoms with E-state index in [0.717, 1.165) is 103 Å². The maximum atomic E-state index is 12.9. The van der Waals surface area contributed by atoms with E-state index in [2.05, 4.69) is 93.7 Å². The number of hydrogen-bond donors (Lipinski definition) is 0. The first-order chi connectivity index (χ1) is 35.0. The summed E-state index contributed by atoms with van der Waals surface area (Å²) in [7, 11) is 0. The molecule has 410 valence electrons. The van der Waals surface area contributed by atoms with Gasteiger partial charge in [0.25, 0.3) is 0 Å². The Balaban J connectivity index is 4.37. The molecule has 0 spiro atoms. The minimum Gasteiger partial charge on any atom is -0.462 e. The molecule has 71 heavy (non-hydrogen) atoms. The third kappa shape index (κ3) is 57.6. The highest BCUT2D eigenvalue weighted by atomic mass is 16.6. The molecule has 1 atom stereocenters. The molecule has 0 saturated carbocycles. The molecule has 6 heteroatoms. The van der Waals surface area contributed by atoms with E-state index < -0.39 is 6.10 Å². The lowest BCUT2D eigenvalue weighted by Crippen LogP contribution is -2.30. The summed E-state index contributed by atoms with van der Waals surface area (Å²) in [5, 5.41) is 0. The van der Waals surface area contributed by atoms with Gasteiger partial charge in [-0.3, -0.25) is 14.4 Å². The van der Waals surface area contributed by atoms with Crippen molar-refractivity contribution in [3.8, 4) is 0 Å². The molecule has 0 aliphatic rings. The van der Waals surface area contributed by atoms with E-state index in [0.29, 0.717) is 19.3 Å². The van der Waals surface area contributed by atoms with Crippen molar-refractivity contribution in [3.05, 3.63) is 72.9 Å². The Morgan fingerprint density at radius 3 is 0.873 bits per heavy atom. The van der Waals surface area contributed by atoms with Crippen LogP contribution in [0.4, 0.5) is 0 Å². The summed E-state index contributed by atoms with van der Waals surface area (Å²) in [6, 6.07) is 0. The topological polar surface area (TPSA) is 78.9 Å². The molecule has 0 aromatic heterocycles. The molecule has 0 N–H and O–H groups in total. The number of unbranched alkanes of at least 4 members (excludes halogenated alkanes) is 32. The number of hydrogen-bond acceptors (Lipinski definition) is 6. The van der Waals surface area contributed by atoms with E-state index in [1.807, 2.05) is 0 Å². The quantitative estimate of drug-likeness (QED) is 0.0261. The van der Waals surface area contributed by atoms with Crippen molar-refractivity contribution < 1.29 is 28.6 Å². The Morgan fingerprint density at radius 2 is 0.549 bits per heavy atom. The molecule has 0 rings (SSSR count). The molecule has 0 saturated heterocycles. The number of ether oxygens (including phenoxy) is 3. The van der Waals surface area contributed by atoms with Crippen LogP contribution >= 0.6 is 0 Å². The summed E-state index contributed by atoms with van der Waals surface area (Å²) in [6.45, 7) is 6.53. The molecule has 0 aliphatic carbocycles. The van der Waals surface area contributed by atoms with E-state index in [1.165, 1.54) is 161 Å².